The van der Waals surface area contributed by atoms with Crippen molar-refractivity contribution in [3.8, 4) is 0 Å². The number of pyridine rings is 1. The fourth-order valence-corrected chi connectivity index (χ4v) is 2.64. The van der Waals surface area contributed by atoms with E-state index in [1.165, 1.54) is 0 Å². The number of aromatic amines is 1. The van der Waals surface area contributed by atoms with Gasteiger partial charge in [0.25, 0.3) is 5.91 Å². The first kappa shape index (κ1) is 14.1. The molecule has 0 spiro atoms. The molecule has 0 bridgehead atoms. The maximum absolute atomic E-state index is 12.2. The molecule has 0 atom stereocenters. The summed E-state index contributed by atoms with van der Waals surface area (Å²) in [6.07, 6.45) is 5.23. The van der Waals surface area contributed by atoms with E-state index in [0.29, 0.717) is 5.56 Å². The number of hydrogen-bond donors (Lipinski definition) is 2. The third kappa shape index (κ3) is 2.63. The highest BCUT2D eigenvalue weighted by atomic mass is 16.2. The number of H-pyrrole nitrogens is 1. The van der Waals surface area contributed by atoms with E-state index in [4.69, 9.17) is 0 Å². The average Bonchev–Trinajstić information content (AvgIpc) is 3.04. The summed E-state index contributed by atoms with van der Waals surface area (Å²) < 4.78 is 0. The van der Waals surface area contributed by atoms with Gasteiger partial charge in [-0.3, -0.25) is 9.78 Å². The standard InChI is InChI=1S/C19H14N4O/c24-19(14-7-8-17-13(10-14)4-3-9-20-17)23-22-12-15-11-21-18-6-2-1-5-16(15)18/h1-12,21H,(H,23,24). The van der Waals surface area contributed by atoms with Crippen molar-refractivity contribution in [2.45, 2.75) is 0 Å². The Kier molecular flexibility index (Phi) is 3.51. The monoisotopic (exact) mass is 314 g/mol. The van der Waals surface area contributed by atoms with Gasteiger partial charge in [-0.25, -0.2) is 5.43 Å². The lowest BCUT2D eigenvalue weighted by atomic mass is 10.1. The summed E-state index contributed by atoms with van der Waals surface area (Å²) in [6, 6.07) is 17.1. The van der Waals surface area contributed by atoms with Crippen molar-refractivity contribution < 1.29 is 4.79 Å². The molecule has 0 unspecified atom stereocenters. The molecule has 5 nitrogen and oxygen atoms in total. The minimum absolute atomic E-state index is 0.253. The molecule has 1 amide bonds. The molecule has 0 aliphatic carbocycles. The van der Waals surface area contributed by atoms with Crippen LogP contribution >= 0.6 is 0 Å². The Bertz CT molecular complexity index is 1070. The molecule has 4 rings (SSSR count). The van der Waals surface area contributed by atoms with Crippen LogP contribution in [0.3, 0.4) is 0 Å². The number of hydrazone groups is 1. The Morgan fingerprint density at radius 3 is 3.00 bits per heavy atom. The van der Waals surface area contributed by atoms with Gasteiger partial charge in [0.2, 0.25) is 0 Å². The molecule has 2 aromatic heterocycles. The lowest BCUT2D eigenvalue weighted by molar-refractivity contribution is 0.0955. The number of benzene rings is 2. The van der Waals surface area contributed by atoms with E-state index in [2.05, 4.69) is 20.5 Å². The van der Waals surface area contributed by atoms with Crippen LogP contribution in [0.2, 0.25) is 0 Å². The molecule has 0 radical (unpaired) electrons. The van der Waals surface area contributed by atoms with Crippen LogP contribution in [-0.4, -0.2) is 22.1 Å². The number of amides is 1. The Hall–Kier alpha value is -3.47. The Balaban J connectivity index is 1.53. The van der Waals surface area contributed by atoms with E-state index in [1.54, 1.807) is 24.5 Å². The molecule has 4 aromatic rings. The first-order valence-corrected chi connectivity index (χ1v) is 7.55. The van der Waals surface area contributed by atoms with Crippen LogP contribution in [0.1, 0.15) is 15.9 Å². The van der Waals surface area contributed by atoms with Gasteiger partial charge in [-0.05, 0) is 30.3 Å². The van der Waals surface area contributed by atoms with Crippen molar-refractivity contribution in [2.24, 2.45) is 5.10 Å². The van der Waals surface area contributed by atoms with Crippen LogP contribution < -0.4 is 5.43 Å². The molecule has 0 fully saturated rings. The number of hydrogen-bond acceptors (Lipinski definition) is 3. The number of carbonyl (C=O) groups is 1. The molecular formula is C19H14N4O. The Morgan fingerprint density at radius 2 is 2.04 bits per heavy atom. The van der Waals surface area contributed by atoms with Gasteiger partial charge in [0, 0.05) is 39.8 Å². The van der Waals surface area contributed by atoms with E-state index >= 15 is 0 Å². The lowest BCUT2D eigenvalue weighted by Crippen LogP contribution is -2.17. The zero-order valence-corrected chi connectivity index (χ0v) is 12.7. The number of rotatable bonds is 3. The highest BCUT2D eigenvalue weighted by Gasteiger charge is 2.06. The second-order valence-electron chi connectivity index (χ2n) is 5.40. The molecule has 24 heavy (non-hydrogen) atoms. The highest BCUT2D eigenvalue weighted by molar-refractivity contribution is 6.01. The van der Waals surface area contributed by atoms with Gasteiger partial charge >= 0.3 is 0 Å². The van der Waals surface area contributed by atoms with E-state index in [-0.39, 0.29) is 5.91 Å². The lowest BCUT2D eigenvalue weighted by Gasteiger charge is -2.01. The third-order valence-electron chi connectivity index (χ3n) is 3.86. The van der Waals surface area contributed by atoms with E-state index in [9.17, 15) is 4.79 Å². The van der Waals surface area contributed by atoms with Gasteiger partial charge in [-0.2, -0.15) is 5.10 Å². The van der Waals surface area contributed by atoms with Crippen LogP contribution in [0.5, 0.6) is 0 Å². The van der Waals surface area contributed by atoms with Gasteiger partial charge in [-0.15, -0.1) is 0 Å². The largest absolute Gasteiger partial charge is 0.361 e. The van der Waals surface area contributed by atoms with Crippen LogP contribution in [0.4, 0.5) is 0 Å². The van der Waals surface area contributed by atoms with Crippen LogP contribution in [0, 0.1) is 0 Å². The van der Waals surface area contributed by atoms with Gasteiger partial charge in [-0.1, -0.05) is 24.3 Å². The van der Waals surface area contributed by atoms with Gasteiger partial charge in [0.05, 0.1) is 11.7 Å². The Labute approximate surface area is 138 Å². The summed E-state index contributed by atoms with van der Waals surface area (Å²) in [5.41, 5.74) is 5.93. The minimum atomic E-state index is -0.253. The molecule has 5 heteroatoms. The van der Waals surface area contributed by atoms with E-state index < -0.39 is 0 Å². The van der Waals surface area contributed by atoms with Crippen molar-refractivity contribution >= 4 is 33.9 Å². The van der Waals surface area contributed by atoms with Crippen molar-refractivity contribution in [3.63, 3.8) is 0 Å². The highest BCUT2D eigenvalue weighted by Crippen LogP contribution is 2.16. The minimum Gasteiger partial charge on any atom is -0.361 e. The Morgan fingerprint density at radius 1 is 1.12 bits per heavy atom. The van der Waals surface area contributed by atoms with Crippen molar-refractivity contribution in [1.82, 2.24) is 15.4 Å². The summed E-state index contributed by atoms with van der Waals surface area (Å²) in [5, 5.41) is 6.04. The molecule has 0 saturated carbocycles. The molecule has 2 heterocycles. The zero-order chi connectivity index (χ0) is 16.4. The topological polar surface area (TPSA) is 70.1 Å². The van der Waals surface area contributed by atoms with Crippen molar-refractivity contribution in [2.75, 3.05) is 0 Å². The SMILES string of the molecule is O=C(NN=Cc1c[nH]c2ccccc12)c1ccc2ncccc2c1. The molecule has 116 valence electrons. The van der Waals surface area contributed by atoms with Crippen molar-refractivity contribution in [3.05, 3.63) is 78.1 Å². The third-order valence-corrected chi connectivity index (χ3v) is 3.86. The van der Waals surface area contributed by atoms with Gasteiger partial charge < -0.3 is 4.98 Å². The summed E-state index contributed by atoms with van der Waals surface area (Å²) in [4.78, 5) is 19.6. The quantitative estimate of drug-likeness (QED) is 0.449. The van der Waals surface area contributed by atoms with Crippen LogP contribution in [0.15, 0.2) is 72.1 Å². The number of carbonyl (C=O) groups excluding carboxylic acids is 1. The molecule has 0 aliphatic rings. The fourth-order valence-electron chi connectivity index (χ4n) is 2.64. The maximum atomic E-state index is 12.2. The summed E-state index contributed by atoms with van der Waals surface area (Å²) in [6.45, 7) is 0. The maximum Gasteiger partial charge on any atom is 0.271 e. The zero-order valence-electron chi connectivity index (χ0n) is 12.7. The summed E-state index contributed by atoms with van der Waals surface area (Å²) in [7, 11) is 0. The fraction of sp³-hybridized carbons (Fsp3) is 0. The molecular weight excluding hydrogens is 300 g/mol. The van der Waals surface area contributed by atoms with Crippen LogP contribution in [-0.2, 0) is 0 Å². The predicted molar refractivity (Wildman–Crippen MR) is 95.1 cm³/mol. The average molecular weight is 314 g/mol. The summed E-state index contributed by atoms with van der Waals surface area (Å²) >= 11 is 0. The first-order chi connectivity index (χ1) is 11.8. The van der Waals surface area contributed by atoms with Crippen LogP contribution in [0.25, 0.3) is 21.8 Å². The number of para-hydroxylation sites is 1. The molecule has 0 saturated heterocycles. The molecule has 0 aliphatic heterocycles. The number of nitrogens with zero attached hydrogens (tertiary/aromatic N) is 2. The normalized spacial score (nSPS) is 11.3. The second kappa shape index (κ2) is 5.96. The predicted octanol–water partition coefficient (Wildman–Crippen LogP) is 3.48. The molecule has 2 aromatic carbocycles. The van der Waals surface area contributed by atoms with Gasteiger partial charge in [0.15, 0.2) is 0 Å². The number of aromatic nitrogens is 2. The summed E-state index contributed by atoms with van der Waals surface area (Å²) in [5.74, 6) is -0.253. The van der Waals surface area contributed by atoms with Gasteiger partial charge in [0.1, 0.15) is 0 Å². The number of fused-ring (bicyclic) bond motifs is 2. The van der Waals surface area contributed by atoms with Crippen molar-refractivity contribution in [1.29, 1.82) is 0 Å². The van der Waals surface area contributed by atoms with E-state index in [0.717, 1.165) is 27.4 Å². The smallest absolute Gasteiger partial charge is 0.271 e. The number of nitrogens with one attached hydrogen (secondary N) is 2. The first-order valence-electron chi connectivity index (χ1n) is 7.55. The van der Waals surface area contributed by atoms with E-state index in [1.807, 2.05) is 48.7 Å². The second-order valence-corrected chi connectivity index (χ2v) is 5.40. The molecule has 2 N–H and O–H groups in total.